The van der Waals surface area contributed by atoms with Crippen LogP contribution in [0, 0.1) is 0 Å². The molecule has 3 rings (SSSR count). The Morgan fingerprint density at radius 2 is 1.62 bits per heavy atom. The largest absolute Gasteiger partial charge is 0.328 e. The van der Waals surface area contributed by atoms with Crippen LogP contribution in [0.3, 0.4) is 0 Å². The van der Waals surface area contributed by atoms with Crippen LogP contribution in [-0.2, 0) is 13.0 Å². The molecule has 0 N–H and O–H groups in total. The minimum Gasteiger partial charge on any atom is -0.328 e. The Labute approximate surface area is 159 Å². The number of benzene rings is 1. The van der Waals surface area contributed by atoms with E-state index >= 15 is 0 Å². The lowest BCUT2D eigenvalue weighted by Gasteiger charge is -2.19. The summed E-state index contributed by atoms with van der Waals surface area (Å²) in [5.74, 6) is 1.30. The lowest BCUT2D eigenvalue weighted by Crippen LogP contribution is -2.26. The molecular formula is C23H37N3. The van der Waals surface area contributed by atoms with Crippen LogP contribution < -0.4 is 0 Å². The van der Waals surface area contributed by atoms with Crippen molar-refractivity contribution in [3.8, 4) is 0 Å². The average Bonchev–Trinajstić information content (AvgIpc) is 2.82. The van der Waals surface area contributed by atoms with Crippen molar-refractivity contribution in [1.29, 1.82) is 0 Å². The molecule has 2 aromatic rings. The Kier molecular flexibility index (Phi) is 8.00. The highest BCUT2D eigenvalue weighted by Crippen LogP contribution is 2.19. The summed E-state index contributed by atoms with van der Waals surface area (Å²) in [6, 6.07) is 8.68. The van der Waals surface area contributed by atoms with Crippen LogP contribution >= 0.6 is 0 Å². The lowest BCUT2D eigenvalue weighted by molar-refractivity contribution is 0.280. The van der Waals surface area contributed by atoms with Crippen LogP contribution in [0.25, 0.3) is 11.0 Å². The second kappa shape index (κ2) is 10.7. The fourth-order valence-electron chi connectivity index (χ4n) is 4.26. The molecule has 0 spiro atoms. The van der Waals surface area contributed by atoms with Crippen LogP contribution in [-0.4, -0.2) is 34.1 Å². The van der Waals surface area contributed by atoms with Crippen molar-refractivity contribution >= 4 is 11.0 Å². The average molecular weight is 356 g/mol. The van der Waals surface area contributed by atoms with Crippen LogP contribution in [0.5, 0.6) is 0 Å². The number of fused-ring (bicyclic) bond motifs is 1. The maximum atomic E-state index is 4.97. The number of nitrogens with zero attached hydrogens (tertiary/aromatic N) is 3. The molecule has 0 radical (unpaired) electrons. The van der Waals surface area contributed by atoms with E-state index in [-0.39, 0.29) is 0 Å². The monoisotopic (exact) mass is 355 g/mol. The van der Waals surface area contributed by atoms with Gasteiger partial charge in [0.2, 0.25) is 0 Å². The molecule has 2 heterocycles. The summed E-state index contributed by atoms with van der Waals surface area (Å²) in [4.78, 5) is 7.64. The minimum atomic E-state index is 1.11. The van der Waals surface area contributed by atoms with E-state index in [0.29, 0.717) is 0 Å². The molecule has 0 saturated carbocycles. The molecule has 0 amide bonds. The molecule has 26 heavy (non-hydrogen) atoms. The molecule has 1 aliphatic rings. The summed E-state index contributed by atoms with van der Waals surface area (Å²) in [7, 11) is 0. The second-order valence-electron chi connectivity index (χ2n) is 7.94. The summed E-state index contributed by atoms with van der Waals surface area (Å²) in [5, 5.41) is 0. The summed E-state index contributed by atoms with van der Waals surface area (Å²) in [6.07, 6.45) is 14.6. The molecule has 0 bridgehead atoms. The highest BCUT2D eigenvalue weighted by Gasteiger charge is 2.12. The molecule has 3 nitrogen and oxygen atoms in total. The third-order valence-electron chi connectivity index (χ3n) is 5.79. The first-order valence-corrected chi connectivity index (χ1v) is 11.0. The highest BCUT2D eigenvalue weighted by atomic mass is 15.1. The summed E-state index contributed by atoms with van der Waals surface area (Å²) in [5.41, 5.74) is 2.50. The Morgan fingerprint density at radius 1 is 0.846 bits per heavy atom. The first-order chi connectivity index (χ1) is 12.9. The molecule has 1 saturated heterocycles. The van der Waals surface area contributed by atoms with Crippen molar-refractivity contribution in [3.63, 3.8) is 0 Å². The fourth-order valence-corrected chi connectivity index (χ4v) is 4.26. The van der Waals surface area contributed by atoms with E-state index in [0.717, 1.165) is 13.0 Å². The van der Waals surface area contributed by atoms with Gasteiger partial charge in [-0.25, -0.2) is 4.98 Å². The van der Waals surface area contributed by atoms with Crippen LogP contribution in [0.1, 0.15) is 77.0 Å². The van der Waals surface area contributed by atoms with Gasteiger partial charge in [0.1, 0.15) is 5.82 Å². The molecule has 1 aromatic carbocycles. The van der Waals surface area contributed by atoms with Crippen LogP contribution in [0.2, 0.25) is 0 Å². The van der Waals surface area contributed by atoms with Crippen molar-refractivity contribution in [2.24, 2.45) is 0 Å². The van der Waals surface area contributed by atoms with E-state index < -0.39 is 0 Å². The Morgan fingerprint density at radius 3 is 2.42 bits per heavy atom. The van der Waals surface area contributed by atoms with Gasteiger partial charge < -0.3 is 9.47 Å². The fraction of sp³-hybridized carbons (Fsp3) is 0.696. The molecular weight excluding hydrogens is 318 g/mol. The quantitative estimate of drug-likeness (QED) is 0.501. The number of unbranched alkanes of at least 4 members (excludes halogenated alkanes) is 4. The van der Waals surface area contributed by atoms with Gasteiger partial charge >= 0.3 is 0 Å². The van der Waals surface area contributed by atoms with Crippen LogP contribution in [0.15, 0.2) is 24.3 Å². The Bertz CT molecular complexity index is 638. The van der Waals surface area contributed by atoms with Gasteiger partial charge in [-0.3, -0.25) is 0 Å². The SMILES string of the molecule is CCCCCCCn1c(CCCN2CCCCCC2)nc2ccccc21. The number of hydrogen-bond acceptors (Lipinski definition) is 2. The number of imidazole rings is 1. The molecule has 1 aromatic heterocycles. The third kappa shape index (κ3) is 5.57. The Balaban J connectivity index is 1.58. The number of para-hydroxylation sites is 2. The van der Waals surface area contributed by atoms with E-state index in [9.17, 15) is 0 Å². The van der Waals surface area contributed by atoms with E-state index in [1.807, 2.05) is 0 Å². The number of rotatable bonds is 10. The van der Waals surface area contributed by atoms with Gasteiger partial charge in [0.05, 0.1) is 11.0 Å². The van der Waals surface area contributed by atoms with Gasteiger partial charge in [-0.1, -0.05) is 57.6 Å². The number of hydrogen-bond donors (Lipinski definition) is 0. The van der Waals surface area contributed by atoms with Gasteiger partial charge in [0.15, 0.2) is 0 Å². The van der Waals surface area contributed by atoms with Gasteiger partial charge in [-0.2, -0.15) is 0 Å². The number of likely N-dealkylation sites (tertiary alicyclic amines) is 1. The summed E-state index contributed by atoms with van der Waals surface area (Å²) in [6.45, 7) is 7.25. The maximum Gasteiger partial charge on any atom is 0.109 e. The molecule has 0 atom stereocenters. The van der Waals surface area contributed by atoms with Gasteiger partial charge in [0.25, 0.3) is 0 Å². The molecule has 0 unspecified atom stereocenters. The third-order valence-corrected chi connectivity index (χ3v) is 5.79. The van der Waals surface area contributed by atoms with Crippen molar-refractivity contribution in [2.45, 2.75) is 84.1 Å². The Hall–Kier alpha value is -1.35. The van der Waals surface area contributed by atoms with Crippen LogP contribution in [0.4, 0.5) is 0 Å². The zero-order chi connectivity index (χ0) is 18.0. The van der Waals surface area contributed by atoms with E-state index in [1.54, 1.807) is 0 Å². The van der Waals surface area contributed by atoms with Crippen molar-refractivity contribution in [3.05, 3.63) is 30.1 Å². The predicted octanol–water partition coefficient (Wildman–Crippen LogP) is 5.82. The highest BCUT2D eigenvalue weighted by molar-refractivity contribution is 5.75. The number of aryl methyl sites for hydroxylation is 2. The minimum absolute atomic E-state index is 1.11. The first-order valence-electron chi connectivity index (χ1n) is 11.0. The second-order valence-corrected chi connectivity index (χ2v) is 7.94. The smallest absolute Gasteiger partial charge is 0.109 e. The van der Waals surface area contributed by atoms with E-state index in [4.69, 9.17) is 4.98 Å². The van der Waals surface area contributed by atoms with E-state index in [2.05, 4.69) is 40.7 Å². The number of aromatic nitrogens is 2. The topological polar surface area (TPSA) is 21.1 Å². The summed E-state index contributed by atoms with van der Waals surface area (Å²) < 4.78 is 2.50. The van der Waals surface area contributed by atoms with Crippen molar-refractivity contribution < 1.29 is 0 Å². The van der Waals surface area contributed by atoms with Crippen molar-refractivity contribution in [2.75, 3.05) is 19.6 Å². The molecule has 0 aliphatic carbocycles. The maximum absolute atomic E-state index is 4.97. The summed E-state index contributed by atoms with van der Waals surface area (Å²) >= 11 is 0. The van der Waals surface area contributed by atoms with E-state index in [1.165, 1.54) is 101 Å². The molecule has 1 aliphatic heterocycles. The van der Waals surface area contributed by atoms with Crippen molar-refractivity contribution in [1.82, 2.24) is 14.5 Å². The van der Waals surface area contributed by atoms with Gasteiger partial charge in [0, 0.05) is 13.0 Å². The molecule has 3 heteroatoms. The van der Waals surface area contributed by atoms with Gasteiger partial charge in [-0.15, -0.1) is 0 Å². The molecule has 1 fully saturated rings. The normalized spacial score (nSPS) is 16.2. The lowest BCUT2D eigenvalue weighted by atomic mass is 10.1. The first kappa shape index (κ1) is 19.4. The molecule has 144 valence electrons. The zero-order valence-electron chi connectivity index (χ0n) is 16.8. The predicted molar refractivity (Wildman–Crippen MR) is 112 cm³/mol. The zero-order valence-corrected chi connectivity index (χ0v) is 16.8. The van der Waals surface area contributed by atoms with Gasteiger partial charge in [-0.05, 0) is 57.5 Å². The standard InChI is InChI=1S/C23H37N3/c1-2-3-4-5-12-20-26-22-15-9-8-14-21(22)24-23(26)16-13-19-25-17-10-6-7-11-18-25/h8-9,14-15H,2-7,10-13,16-20H2,1H3.